The third kappa shape index (κ3) is 4.56. The molecule has 0 aliphatic rings. The average Bonchev–Trinajstić information content (AvgIpc) is 3.37. The Kier molecular flexibility index (Phi) is 6.35. The summed E-state index contributed by atoms with van der Waals surface area (Å²) in [6, 6.07) is 3.94. The van der Waals surface area contributed by atoms with Gasteiger partial charge in [0.05, 0.1) is 26.7 Å². The van der Waals surface area contributed by atoms with Crippen LogP contribution in [0.15, 0.2) is 39.6 Å². The molecule has 0 spiro atoms. The van der Waals surface area contributed by atoms with Crippen LogP contribution in [-0.4, -0.2) is 37.8 Å². The van der Waals surface area contributed by atoms with Gasteiger partial charge in [0.2, 0.25) is 5.82 Å². The second kappa shape index (κ2) is 8.89. The number of fused-ring (bicyclic) bond motifs is 1. The molecule has 3 aromatic heterocycles. The molecule has 0 aliphatic carbocycles. The van der Waals surface area contributed by atoms with Crippen molar-refractivity contribution in [2.75, 3.05) is 13.2 Å². The lowest BCUT2D eigenvalue weighted by atomic mass is 10.2. The normalized spacial score (nSPS) is 12.0. The van der Waals surface area contributed by atoms with E-state index in [1.165, 1.54) is 22.7 Å². The number of aliphatic hydroxyl groups excluding tert-OH is 1. The number of hydrogen-bond acceptors (Lipinski definition) is 6. The summed E-state index contributed by atoms with van der Waals surface area (Å²) < 4.78 is 51.3. The minimum absolute atomic E-state index is 0.0142. The SMILES string of the molecule is OCCCOc1cc(Cl)c(-c2noc(-c3cn4cc(C(F)(F)F)cc(Br)c4n3)n2)cc1Cl. The molecule has 0 aliphatic heterocycles. The average molecular weight is 552 g/mol. The molecule has 0 radical (unpaired) electrons. The van der Waals surface area contributed by atoms with E-state index in [4.69, 9.17) is 37.6 Å². The van der Waals surface area contributed by atoms with Crippen LogP contribution >= 0.6 is 39.1 Å². The molecule has 0 unspecified atom stereocenters. The number of ether oxygens (including phenoxy) is 1. The van der Waals surface area contributed by atoms with Gasteiger partial charge in [-0.15, -0.1) is 0 Å². The summed E-state index contributed by atoms with van der Waals surface area (Å²) in [7, 11) is 0. The molecule has 1 N–H and O–H groups in total. The van der Waals surface area contributed by atoms with Crippen molar-refractivity contribution in [3.8, 4) is 28.7 Å². The van der Waals surface area contributed by atoms with Gasteiger partial charge in [0.15, 0.2) is 5.65 Å². The molecule has 0 bridgehead atoms. The molecule has 0 saturated heterocycles. The van der Waals surface area contributed by atoms with Gasteiger partial charge >= 0.3 is 6.18 Å². The molecule has 13 heteroatoms. The maximum atomic E-state index is 13.1. The lowest BCUT2D eigenvalue weighted by Crippen LogP contribution is -2.06. The first-order chi connectivity index (χ1) is 15.2. The maximum Gasteiger partial charge on any atom is 0.417 e. The summed E-state index contributed by atoms with van der Waals surface area (Å²) in [5, 5.41) is 13.2. The number of imidazole rings is 1. The monoisotopic (exact) mass is 550 g/mol. The van der Waals surface area contributed by atoms with E-state index in [2.05, 4.69) is 31.1 Å². The van der Waals surface area contributed by atoms with E-state index in [9.17, 15) is 13.2 Å². The molecule has 0 fully saturated rings. The van der Waals surface area contributed by atoms with E-state index in [-0.39, 0.29) is 50.8 Å². The van der Waals surface area contributed by atoms with Crippen LogP contribution in [0.3, 0.4) is 0 Å². The summed E-state index contributed by atoms with van der Waals surface area (Å²) in [4.78, 5) is 8.51. The Labute approximate surface area is 196 Å². The van der Waals surface area contributed by atoms with Gasteiger partial charge in [-0.2, -0.15) is 18.2 Å². The minimum Gasteiger partial charge on any atom is -0.492 e. The van der Waals surface area contributed by atoms with E-state index >= 15 is 0 Å². The fourth-order valence-electron chi connectivity index (χ4n) is 2.81. The molecule has 0 amide bonds. The summed E-state index contributed by atoms with van der Waals surface area (Å²) in [6.07, 6.45) is -1.81. The van der Waals surface area contributed by atoms with E-state index in [1.807, 2.05) is 0 Å². The van der Waals surface area contributed by atoms with Gasteiger partial charge in [0.25, 0.3) is 5.89 Å². The summed E-state index contributed by atoms with van der Waals surface area (Å²) in [6.45, 7) is 0.240. The van der Waals surface area contributed by atoms with Crippen LogP contribution in [0, 0.1) is 0 Å². The zero-order valence-corrected chi connectivity index (χ0v) is 18.9. The molecular formula is C19H12BrCl2F3N4O3. The summed E-state index contributed by atoms with van der Waals surface area (Å²) >= 11 is 15.6. The highest BCUT2D eigenvalue weighted by Crippen LogP contribution is 2.37. The first kappa shape index (κ1) is 22.8. The number of alkyl halides is 3. The first-order valence-electron chi connectivity index (χ1n) is 9.00. The van der Waals surface area contributed by atoms with E-state index in [0.717, 1.165) is 12.3 Å². The highest BCUT2D eigenvalue weighted by Gasteiger charge is 2.32. The summed E-state index contributed by atoms with van der Waals surface area (Å²) in [5.41, 5.74) is -0.0478. The van der Waals surface area contributed by atoms with E-state index in [1.54, 1.807) is 0 Å². The quantitative estimate of drug-likeness (QED) is 0.300. The van der Waals surface area contributed by atoms with Crippen LogP contribution in [0.5, 0.6) is 5.75 Å². The highest BCUT2D eigenvalue weighted by molar-refractivity contribution is 9.10. The number of benzene rings is 1. The third-order valence-electron chi connectivity index (χ3n) is 4.30. The van der Waals surface area contributed by atoms with Gasteiger partial charge in [-0.1, -0.05) is 28.4 Å². The lowest BCUT2D eigenvalue weighted by Gasteiger charge is -2.09. The molecular weight excluding hydrogens is 540 g/mol. The zero-order valence-electron chi connectivity index (χ0n) is 15.8. The van der Waals surface area contributed by atoms with Crippen molar-refractivity contribution in [1.82, 2.24) is 19.5 Å². The molecule has 7 nitrogen and oxygen atoms in total. The number of rotatable bonds is 6. The Morgan fingerprint density at radius 2 is 1.91 bits per heavy atom. The molecule has 168 valence electrons. The number of halogens is 6. The number of pyridine rings is 1. The van der Waals surface area contributed by atoms with Crippen molar-refractivity contribution >= 4 is 44.8 Å². The van der Waals surface area contributed by atoms with Gasteiger partial charge < -0.3 is 18.8 Å². The van der Waals surface area contributed by atoms with Crippen LogP contribution < -0.4 is 4.74 Å². The fourth-order valence-corrected chi connectivity index (χ4v) is 3.81. The number of aromatic nitrogens is 4. The van der Waals surface area contributed by atoms with Gasteiger partial charge in [0, 0.05) is 37.1 Å². The number of hydrogen-bond donors (Lipinski definition) is 1. The Morgan fingerprint density at radius 1 is 1.12 bits per heavy atom. The van der Waals surface area contributed by atoms with Crippen LogP contribution in [-0.2, 0) is 6.18 Å². The second-order valence-electron chi connectivity index (χ2n) is 6.54. The van der Waals surface area contributed by atoms with Crippen molar-refractivity contribution in [3.05, 3.63) is 50.7 Å². The minimum atomic E-state index is -4.51. The number of aliphatic hydroxyl groups is 1. The van der Waals surface area contributed by atoms with Crippen LogP contribution in [0.2, 0.25) is 10.0 Å². The van der Waals surface area contributed by atoms with Gasteiger partial charge in [-0.05, 0) is 28.1 Å². The third-order valence-corrected chi connectivity index (χ3v) is 5.49. The molecule has 0 atom stereocenters. The largest absolute Gasteiger partial charge is 0.492 e. The molecule has 32 heavy (non-hydrogen) atoms. The van der Waals surface area contributed by atoms with E-state index in [0.29, 0.717) is 17.7 Å². The topological polar surface area (TPSA) is 85.7 Å². The van der Waals surface area contributed by atoms with Crippen molar-refractivity contribution in [2.45, 2.75) is 12.6 Å². The fraction of sp³-hybridized carbons (Fsp3) is 0.211. The predicted molar refractivity (Wildman–Crippen MR) is 114 cm³/mol. The van der Waals surface area contributed by atoms with Crippen molar-refractivity contribution in [2.24, 2.45) is 0 Å². The zero-order chi connectivity index (χ0) is 23.0. The molecule has 1 aromatic carbocycles. The number of nitrogens with zero attached hydrogens (tertiary/aromatic N) is 4. The molecule has 4 rings (SSSR count). The first-order valence-corrected chi connectivity index (χ1v) is 10.5. The van der Waals surface area contributed by atoms with Gasteiger partial charge in [-0.3, -0.25) is 0 Å². The van der Waals surface area contributed by atoms with Crippen molar-refractivity contribution in [1.29, 1.82) is 0 Å². The van der Waals surface area contributed by atoms with Crippen molar-refractivity contribution in [3.63, 3.8) is 0 Å². The molecule has 4 aromatic rings. The lowest BCUT2D eigenvalue weighted by molar-refractivity contribution is -0.137. The summed E-state index contributed by atoms with van der Waals surface area (Å²) in [5.74, 6) is 0.434. The van der Waals surface area contributed by atoms with E-state index < -0.39 is 11.7 Å². The smallest absolute Gasteiger partial charge is 0.417 e. The van der Waals surface area contributed by atoms with Gasteiger partial charge in [-0.25, -0.2) is 4.98 Å². The maximum absolute atomic E-state index is 13.1. The second-order valence-corrected chi connectivity index (χ2v) is 8.21. The van der Waals surface area contributed by atoms with Crippen LogP contribution in [0.1, 0.15) is 12.0 Å². The van der Waals surface area contributed by atoms with Crippen LogP contribution in [0.4, 0.5) is 13.2 Å². The highest BCUT2D eigenvalue weighted by atomic mass is 79.9. The van der Waals surface area contributed by atoms with Crippen molar-refractivity contribution < 1.29 is 27.5 Å². The Morgan fingerprint density at radius 3 is 2.62 bits per heavy atom. The Bertz CT molecular complexity index is 1290. The predicted octanol–water partition coefficient (Wildman–Crippen LogP) is 5.90. The van der Waals surface area contributed by atoms with Gasteiger partial charge in [0.1, 0.15) is 11.4 Å². The molecule has 0 saturated carbocycles. The Hall–Kier alpha value is -2.34. The Balaban J connectivity index is 1.66. The molecule has 3 heterocycles. The standard InChI is InChI=1S/C19H12BrCl2F3N4O3/c20-11-4-9(19(23,24)25)7-29-8-14(26-17(11)29)18-27-16(28-32-18)10-5-13(22)15(6-12(10)21)31-3-1-2-30/h4-8,30H,1-3H2. The van der Waals surface area contributed by atoms with Crippen LogP contribution in [0.25, 0.3) is 28.6 Å².